The second-order valence-corrected chi connectivity index (χ2v) is 3.82. The van der Waals surface area contributed by atoms with E-state index in [1.807, 2.05) is 6.92 Å². The summed E-state index contributed by atoms with van der Waals surface area (Å²) in [6.07, 6.45) is 1.00. The fourth-order valence-corrected chi connectivity index (χ4v) is 1.82. The highest BCUT2D eigenvalue weighted by Gasteiger charge is 2.04. The van der Waals surface area contributed by atoms with Gasteiger partial charge in [0.05, 0.1) is 4.90 Å². The lowest BCUT2D eigenvalue weighted by Crippen LogP contribution is -2.24. The molecule has 0 fully saturated rings. The number of hydrogen-bond acceptors (Lipinski definition) is 3. The maximum Gasteiger partial charge on any atom is 0.325 e. The Labute approximate surface area is 79.8 Å². The van der Waals surface area contributed by atoms with E-state index in [-0.39, 0.29) is 5.56 Å². The number of aromatic amines is 2. The Balaban J connectivity index is 3.07. The van der Waals surface area contributed by atoms with Crippen LogP contribution in [0.2, 0.25) is 0 Å². The predicted octanol–water partition coefficient (Wildman–Crippen LogP) is 0.874. The van der Waals surface area contributed by atoms with Crippen LogP contribution in [0, 0.1) is 6.92 Å². The third-order valence-corrected chi connectivity index (χ3v) is 2.92. The first kappa shape index (κ1) is 10.1. The highest BCUT2D eigenvalue weighted by molar-refractivity contribution is 7.99. The summed E-state index contributed by atoms with van der Waals surface area (Å²) < 4.78 is 0. The first-order chi connectivity index (χ1) is 6.15. The minimum Gasteiger partial charge on any atom is -0.310 e. The van der Waals surface area contributed by atoms with Crippen molar-refractivity contribution in [3.05, 3.63) is 26.5 Å². The summed E-state index contributed by atoms with van der Waals surface area (Å²) in [6, 6.07) is 0. The molecule has 0 amide bonds. The monoisotopic (exact) mass is 200 g/mol. The molecule has 5 heteroatoms. The second-order valence-electron chi connectivity index (χ2n) is 2.71. The van der Waals surface area contributed by atoms with Gasteiger partial charge in [0, 0.05) is 5.69 Å². The van der Waals surface area contributed by atoms with Crippen LogP contribution in [0.1, 0.15) is 19.0 Å². The molecule has 0 radical (unpaired) electrons. The minimum atomic E-state index is -0.441. The number of rotatable bonds is 3. The smallest absolute Gasteiger partial charge is 0.310 e. The molecule has 4 nitrogen and oxygen atoms in total. The summed E-state index contributed by atoms with van der Waals surface area (Å²) in [5.74, 6) is 0.885. The van der Waals surface area contributed by atoms with Crippen molar-refractivity contribution in [2.75, 3.05) is 5.75 Å². The highest BCUT2D eigenvalue weighted by atomic mass is 32.2. The predicted molar refractivity (Wildman–Crippen MR) is 53.4 cm³/mol. The van der Waals surface area contributed by atoms with Crippen LogP contribution in [-0.2, 0) is 0 Å². The molecule has 0 saturated heterocycles. The first-order valence-corrected chi connectivity index (χ1v) is 5.09. The van der Waals surface area contributed by atoms with E-state index in [0.717, 1.165) is 12.2 Å². The number of H-pyrrole nitrogens is 2. The van der Waals surface area contributed by atoms with Crippen LogP contribution in [0.15, 0.2) is 14.5 Å². The Morgan fingerprint density at radius 1 is 1.31 bits per heavy atom. The van der Waals surface area contributed by atoms with Gasteiger partial charge in [-0.15, -0.1) is 11.8 Å². The lowest BCUT2D eigenvalue weighted by molar-refractivity contribution is 0.927. The van der Waals surface area contributed by atoms with Gasteiger partial charge >= 0.3 is 5.69 Å². The van der Waals surface area contributed by atoms with E-state index < -0.39 is 5.69 Å². The number of aromatic nitrogens is 2. The van der Waals surface area contributed by atoms with E-state index in [1.165, 1.54) is 11.8 Å². The van der Waals surface area contributed by atoms with E-state index in [9.17, 15) is 9.59 Å². The van der Waals surface area contributed by atoms with Crippen LogP contribution < -0.4 is 11.2 Å². The summed E-state index contributed by atoms with van der Waals surface area (Å²) >= 11 is 1.47. The van der Waals surface area contributed by atoms with Crippen molar-refractivity contribution >= 4 is 11.8 Å². The first-order valence-electron chi connectivity index (χ1n) is 4.11. The van der Waals surface area contributed by atoms with Gasteiger partial charge in [0.25, 0.3) is 5.56 Å². The summed E-state index contributed by atoms with van der Waals surface area (Å²) in [6.45, 7) is 3.77. The molecule has 0 aliphatic carbocycles. The average Bonchev–Trinajstić information content (AvgIpc) is 2.02. The second kappa shape index (κ2) is 4.32. The molecule has 0 aliphatic rings. The number of aryl methyl sites for hydroxylation is 1. The van der Waals surface area contributed by atoms with E-state index >= 15 is 0 Å². The molecule has 1 aromatic heterocycles. The SMILES string of the molecule is CCCSc1c(C)[nH]c(=O)[nH]c1=O. The van der Waals surface area contributed by atoms with Gasteiger partial charge in [-0.05, 0) is 19.1 Å². The van der Waals surface area contributed by atoms with Gasteiger partial charge in [-0.25, -0.2) is 4.79 Å². The Morgan fingerprint density at radius 2 is 2.00 bits per heavy atom. The van der Waals surface area contributed by atoms with Crippen LogP contribution in [0.3, 0.4) is 0 Å². The molecule has 0 aliphatic heterocycles. The van der Waals surface area contributed by atoms with Crippen molar-refractivity contribution in [1.82, 2.24) is 9.97 Å². The summed E-state index contributed by atoms with van der Waals surface area (Å²) in [7, 11) is 0. The molecule has 0 saturated carbocycles. The fraction of sp³-hybridized carbons (Fsp3) is 0.500. The number of nitrogens with one attached hydrogen (secondary N) is 2. The maximum atomic E-state index is 11.3. The Hall–Kier alpha value is -0.970. The molecule has 1 rings (SSSR count). The minimum absolute atomic E-state index is 0.292. The Bertz CT molecular complexity index is 394. The van der Waals surface area contributed by atoms with Crippen molar-refractivity contribution in [3.63, 3.8) is 0 Å². The lowest BCUT2D eigenvalue weighted by atomic mass is 10.4. The molecule has 1 aromatic rings. The summed E-state index contributed by atoms with van der Waals surface area (Å²) in [5.41, 5.74) is -0.0877. The van der Waals surface area contributed by atoms with Crippen LogP contribution in [0.4, 0.5) is 0 Å². The van der Waals surface area contributed by atoms with Gasteiger partial charge in [0.15, 0.2) is 0 Å². The van der Waals surface area contributed by atoms with Crippen molar-refractivity contribution < 1.29 is 0 Å². The normalized spacial score (nSPS) is 10.3. The van der Waals surface area contributed by atoms with E-state index in [4.69, 9.17) is 0 Å². The zero-order valence-corrected chi connectivity index (χ0v) is 8.46. The topological polar surface area (TPSA) is 65.7 Å². The van der Waals surface area contributed by atoms with Crippen LogP contribution >= 0.6 is 11.8 Å². The quantitative estimate of drug-likeness (QED) is 0.712. The van der Waals surface area contributed by atoms with Crippen LogP contribution in [-0.4, -0.2) is 15.7 Å². The standard InChI is InChI=1S/C8H12N2O2S/c1-3-4-13-6-5(2)9-8(12)10-7(6)11/h3-4H2,1-2H3,(H2,9,10,11,12). The van der Waals surface area contributed by atoms with E-state index in [0.29, 0.717) is 10.6 Å². The van der Waals surface area contributed by atoms with Crippen molar-refractivity contribution in [1.29, 1.82) is 0 Å². The van der Waals surface area contributed by atoms with Crippen LogP contribution in [0.5, 0.6) is 0 Å². The molecular formula is C8H12N2O2S. The molecule has 0 spiro atoms. The van der Waals surface area contributed by atoms with Crippen molar-refractivity contribution in [2.45, 2.75) is 25.2 Å². The average molecular weight is 200 g/mol. The number of hydrogen-bond donors (Lipinski definition) is 2. The van der Waals surface area contributed by atoms with Crippen LogP contribution in [0.25, 0.3) is 0 Å². The van der Waals surface area contributed by atoms with E-state index in [2.05, 4.69) is 9.97 Å². The molecular weight excluding hydrogens is 188 g/mol. The molecule has 0 bridgehead atoms. The molecule has 2 N–H and O–H groups in total. The third kappa shape index (κ3) is 2.48. The zero-order chi connectivity index (χ0) is 9.84. The number of thioether (sulfide) groups is 1. The fourth-order valence-electron chi connectivity index (χ4n) is 0.966. The highest BCUT2D eigenvalue weighted by Crippen LogP contribution is 2.15. The maximum absolute atomic E-state index is 11.3. The summed E-state index contributed by atoms with van der Waals surface area (Å²) in [5, 5.41) is 0. The van der Waals surface area contributed by atoms with Gasteiger partial charge in [-0.2, -0.15) is 0 Å². The van der Waals surface area contributed by atoms with E-state index in [1.54, 1.807) is 6.92 Å². The summed E-state index contributed by atoms with van der Waals surface area (Å²) in [4.78, 5) is 27.5. The van der Waals surface area contributed by atoms with Gasteiger partial charge < -0.3 is 4.98 Å². The van der Waals surface area contributed by atoms with Gasteiger partial charge in [0.1, 0.15) is 0 Å². The Morgan fingerprint density at radius 3 is 2.54 bits per heavy atom. The third-order valence-electron chi connectivity index (χ3n) is 1.53. The largest absolute Gasteiger partial charge is 0.325 e. The van der Waals surface area contributed by atoms with Gasteiger partial charge in [-0.1, -0.05) is 6.92 Å². The molecule has 0 unspecified atom stereocenters. The molecule has 0 aromatic carbocycles. The lowest BCUT2D eigenvalue weighted by Gasteiger charge is -2.01. The van der Waals surface area contributed by atoms with Gasteiger partial charge in [-0.3, -0.25) is 9.78 Å². The molecule has 0 atom stereocenters. The molecule has 1 heterocycles. The molecule has 13 heavy (non-hydrogen) atoms. The van der Waals surface area contributed by atoms with Gasteiger partial charge in [0.2, 0.25) is 0 Å². The molecule has 72 valence electrons. The Kier molecular flexibility index (Phi) is 3.36. The van der Waals surface area contributed by atoms with Crippen molar-refractivity contribution in [3.8, 4) is 0 Å². The van der Waals surface area contributed by atoms with Crippen molar-refractivity contribution in [2.24, 2.45) is 0 Å². The zero-order valence-electron chi connectivity index (χ0n) is 7.64.